The molecule has 0 amide bonds. The summed E-state index contributed by atoms with van der Waals surface area (Å²) >= 11 is 0. The van der Waals surface area contributed by atoms with Gasteiger partial charge in [-0.05, 0) is 12.1 Å². The molecule has 0 spiro atoms. The summed E-state index contributed by atoms with van der Waals surface area (Å²) in [5.41, 5.74) is 1.53. The molecule has 78 valence electrons. The Labute approximate surface area is 85.9 Å². The van der Waals surface area contributed by atoms with Gasteiger partial charge in [-0.3, -0.25) is 4.40 Å². The molecule has 2 rings (SSSR count). The summed E-state index contributed by atoms with van der Waals surface area (Å²) in [7, 11) is 1.32. The number of pyridine rings is 1. The molecule has 0 radical (unpaired) electrons. The van der Waals surface area contributed by atoms with Crippen LogP contribution in [0.1, 0.15) is 16.2 Å². The van der Waals surface area contributed by atoms with Crippen LogP contribution in [0.3, 0.4) is 0 Å². The van der Waals surface area contributed by atoms with Crippen molar-refractivity contribution in [2.45, 2.75) is 6.61 Å². The normalized spacial score (nSPS) is 10.5. The van der Waals surface area contributed by atoms with E-state index < -0.39 is 5.97 Å². The number of hydrogen-bond donors (Lipinski definition) is 1. The Hall–Kier alpha value is -1.88. The number of ether oxygens (including phenoxy) is 1. The lowest BCUT2D eigenvalue weighted by Gasteiger charge is -2.05. The summed E-state index contributed by atoms with van der Waals surface area (Å²) in [6.07, 6.45) is 1.53. The second kappa shape index (κ2) is 3.70. The van der Waals surface area contributed by atoms with Crippen LogP contribution in [0.5, 0.6) is 0 Å². The third kappa shape index (κ3) is 1.46. The highest BCUT2D eigenvalue weighted by atomic mass is 16.5. The van der Waals surface area contributed by atoms with Crippen molar-refractivity contribution in [1.29, 1.82) is 0 Å². The summed E-state index contributed by atoms with van der Waals surface area (Å²) in [6.45, 7) is -0.171. The minimum absolute atomic E-state index is 0.171. The molecule has 2 heterocycles. The van der Waals surface area contributed by atoms with Gasteiger partial charge in [-0.1, -0.05) is 6.07 Å². The van der Waals surface area contributed by atoms with Gasteiger partial charge in [-0.2, -0.15) is 0 Å². The Morgan fingerprint density at radius 3 is 3.07 bits per heavy atom. The molecule has 0 aliphatic rings. The number of imidazole rings is 1. The van der Waals surface area contributed by atoms with Crippen molar-refractivity contribution in [2.75, 3.05) is 7.11 Å². The van der Waals surface area contributed by atoms with E-state index in [2.05, 4.69) is 9.72 Å². The number of aliphatic hydroxyl groups excluding tert-OH is 1. The number of carbonyl (C=O) groups excluding carboxylic acids is 1. The monoisotopic (exact) mass is 206 g/mol. The van der Waals surface area contributed by atoms with E-state index in [0.717, 1.165) is 0 Å². The van der Waals surface area contributed by atoms with Crippen molar-refractivity contribution in [3.05, 3.63) is 35.8 Å². The second-order valence-corrected chi connectivity index (χ2v) is 3.00. The van der Waals surface area contributed by atoms with E-state index in [4.69, 9.17) is 5.11 Å². The Bertz CT molecular complexity index is 504. The average Bonchev–Trinajstić information content (AvgIpc) is 2.70. The average molecular weight is 206 g/mol. The number of esters is 1. The van der Waals surface area contributed by atoms with Crippen LogP contribution in [0.25, 0.3) is 5.65 Å². The van der Waals surface area contributed by atoms with E-state index in [9.17, 15) is 4.79 Å². The molecular formula is C10H10N2O3. The zero-order valence-corrected chi connectivity index (χ0v) is 8.17. The van der Waals surface area contributed by atoms with Gasteiger partial charge in [0, 0.05) is 0 Å². The Kier molecular flexibility index (Phi) is 2.39. The molecule has 2 aromatic heterocycles. The van der Waals surface area contributed by atoms with Gasteiger partial charge in [0.15, 0.2) is 0 Å². The molecular weight excluding hydrogens is 196 g/mol. The molecule has 0 saturated carbocycles. The fraction of sp³-hybridized carbons (Fsp3) is 0.200. The van der Waals surface area contributed by atoms with Crippen molar-refractivity contribution >= 4 is 11.6 Å². The first-order valence-corrected chi connectivity index (χ1v) is 4.42. The van der Waals surface area contributed by atoms with Gasteiger partial charge in [-0.25, -0.2) is 9.78 Å². The number of carbonyl (C=O) groups is 1. The van der Waals surface area contributed by atoms with E-state index >= 15 is 0 Å². The van der Waals surface area contributed by atoms with Gasteiger partial charge in [0.05, 0.1) is 25.6 Å². The van der Waals surface area contributed by atoms with Crippen LogP contribution in [0, 0.1) is 0 Å². The maximum atomic E-state index is 11.4. The molecule has 5 nitrogen and oxygen atoms in total. The van der Waals surface area contributed by atoms with Crippen LogP contribution in [-0.4, -0.2) is 27.6 Å². The van der Waals surface area contributed by atoms with Crippen molar-refractivity contribution in [2.24, 2.45) is 0 Å². The lowest BCUT2D eigenvalue weighted by Crippen LogP contribution is -2.09. The van der Waals surface area contributed by atoms with Gasteiger partial charge in [0.2, 0.25) is 0 Å². The lowest BCUT2D eigenvalue weighted by molar-refractivity contribution is 0.0591. The Morgan fingerprint density at radius 1 is 1.60 bits per heavy atom. The summed E-state index contributed by atoms with van der Waals surface area (Å²) in [4.78, 5) is 15.5. The topological polar surface area (TPSA) is 63.8 Å². The van der Waals surface area contributed by atoms with E-state index in [1.165, 1.54) is 13.3 Å². The highest BCUT2D eigenvalue weighted by molar-refractivity contribution is 5.88. The van der Waals surface area contributed by atoms with Gasteiger partial charge < -0.3 is 9.84 Å². The van der Waals surface area contributed by atoms with Gasteiger partial charge in [-0.15, -0.1) is 0 Å². The number of methoxy groups -OCH3 is 1. The number of aliphatic hydroxyl groups is 1. The summed E-state index contributed by atoms with van der Waals surface area (Å²) in [5.74, 6) is -0.451. The molecule has 0 saturated heterocycles. The standard InChI is InChI=1S/C10H10N2O3/c1-15-10(14)8-3-2-4-9-11-5-7(6-13)12(8)9/h2-5,13H,6H2,1H3. The van der Waals surface area contributed by atoms with Crippen molar-refractivity contribution in [3.8, 4) is 0 Å². The zero-order chi connectivity index (χ0) is 10.8. The maximum Gasteiger partial charge on any atom is 0.355 e. The Morgan fingerprint density at radius 2 is 2.40 bits per heavy atom. The fourth-order valence-electron chi connectivity index (χ4n) is 1.47. The first kappa shape index (κ1) is 9.67. The van der Waals surface area contributed by atoms with Crippen molar-refractivity contribution in [1.82, 2.24) is 9.38 Å². The SMILES string of the molecule is COC(=O)c1cccc2ncc(CO)n12. The number of rotatable bonds is 2. The molecule has 0 aromatic carbocycles. The smallest absolute Gasteiger partial charge is 0.355 e. The summed E-state index contributed by atoms with van der Waals surface area (Å²) in [5, 5.41) is 9.09. The summed E-state index contributed by atoms with van der Waals surface area (Å²) < 4.78 is 6.22. The minimum atomic E-state index is -0.451. The quantitative estimate of drug-likeness (QED) is 0.731. The lowest BCUT2D eigenvalue weighted by atomic mass is 10.3. The van der Waals surface area contributed by atoms with Crippen LogP contribution in [-0.2, 0) is 11.3 Å². The zero-order valence-electron chi connectivity index (χ0n) is 8.17. The van der Waals surface area contributed by atoms with Crippen LogP contribution in [0.2, 0.25) is 0 Å². The third-order valence-electron chi connectivity index (χ3n) is 2.16. The van der Waals surface area contributed by atoms with Crippen molar-refractivity contribution in [3.63, 3.8) is 0 Å². The molecule has 15 heavy (non-hydrogen) atoms. The van der Waals surface area contributed by atoms with E-state index in [0.29, 0.717) is 17.0 Å². The third-order valence-corrected chi connectivity index (χ3v) is 2.16. The Balaban J connectivity index is 2.72. The van der Waals surface area contributed by atoms with Crippen LogP contribution in [0.15, 0.2) is 24.4 Å². The second-order valence-electron chi connectivity index (χ2n) is 3.00. The number of fused-ring (bicyclic) bond motifs is 1. The molecule has 2 aromatic rings. The first-order chi connectivity index (χ1) is 7.27. The maximum absolute atomic E-state index is 11.4. The van der Waals surface area contributed by atoms with Crippen LogP contribution >= 0.6 is 0 Å². The number of hydrogen-bond acceptors (Lipinski definition) is 4. The van der Waals surface area contributed by atoms with Crippen LogP contribution < -0.4 is 0 Å². The van der Waals surface area contributed by atoms with Gasteiger partial charge in [0.1, 0.15) is 11.3 Å². The highest BCUT2D eigenvalue weighted by Gasteiger charge is 2.12. The van der Waals surface area contributed by atoms with E-state index in [-0.39, 0.29) is 6.61 Å². The highest BCUT2D eigenvalue weighted by Crippen LogP contribution is 2.11. The molecule has 0 aliphatic carbocycles. The number of aromatic nitrogens is 2. The fourth-order valence-corrected chi connectivity index (χ4v) is 1.47. The largest absolute Gasteiger partial charge is 0.464 e. The molecule has 1 N–H and O–H groups in total. The molecule has 0 atom stereocenters. The van der Waals surface area contributed by atoms with Gasteiger partial charge >= 0.3 is 5.97 Å². The molecule has 5 heteroatoms. The van der Waals surface area contributed by atoms with E-state index in [1.807, 2.05) is 0 Å². The molecule has 0 unspecified atom stereocenters. The summed E-state index contributed by atoms with van der Waals surface area (Å²) in [6, 6.07) is 5.10. The van der Waals surface area contributed by atoms with Crippen LogP contribution in [0.4, 0.5) is 0 Å². The number of nitrogens with zero attached hydrogens (tertiary/aromatic N) is 2. The first-order valence-electron chi connectivity index (χ1n) is 4.42. The van der Waals surface area contributed by atoms with E-state index in [1.54, 1.807) is 22.6 Å². The van der Waals surface area contributed by atoms with Crippen molar-refractivity contribution < 1.29 is 14.6 Å². The molecule has 0 aliphatic heterocycles. The molecule has 0 bridgehead atoms. The minimum Gasteiger partial charge on any atom is -0.464 e. The molecule has 0 fully saturated rings. The predicted octanol–water partition coefficient (Wildman–Crippen LogP) is 0.613. The van der Waals surface area contributed by atoms with Gasteiger partial charge in [0.25, 0.3) is 0 Å². The predicted molar refractivity (Wildman–Crippen MR) is 52.5 cm³/mol.